The lowest BCUT2D eigenvalue weighted by Gasteiger charge is -2.39. The number of guanidine groups is 1. The molecule has 0 aliphatic heterocycles. The summed E-state index contributed by atoms with van der Waals surface area (Å²) in [4.78, 5) is 6.50. The highest BCUT2D eigenvalue weighted by Crippen LogP contribution is 2.35. The van der Waals surface area contributed by atoms with Crippen molar-refractivity contribution < 1.29 is 5.11 Å². The van der Waals surface area contributed by atoms with Crippen molar-refractivity contribution in [3.05, 3.63) is 24.0 Å². The van der Waals surface area contributed by atoms with Gasteiger partial charge in [0, 0.05) is 45.0 Å². The number of aryl methyl sites for hydroxylation is 1. The lowest BCUT2D eigenvalue weighted by molar-refractivity contribution is 0.00368. The second-order valence-corrected chi connectivity index (χ2v) is 6.78. The fourth-order valence-corrected chi connectivity index (χ4v) is 3.23. The van der Waals surface area contributed by atoms with Crippen molar-refractivity contribution in [3.63, 3.8) is 0 Å². The first-order valence-corrected chi connectivity index (χ1v) is 8.16. The molecule has 1 saturated carbocycles. The van der Waals surface area contributed by atoms with Crippen molar-refractivity contribution in [1.29, 1.82) is 0 Å². The molecular weight excluding hydrogens is 276 g/mol. The van der Waals surface area contributed by atoms with E-state index < -0.39 is 0 Å². The number of aliphatic hydroxyl groups is 1. The molecule has 1 aromatic heterocycles. The minimum atomic E-state index is -0.218. The smallest absolute Gasteiger partial charge is 0.193 e. The Labute approximate surface area is 134 Å². The molecule has 124 valence electrons. The van der Waals surface area contributed by atoms with Gasteiger partial charge in [-0.15, -0.1) is 0 Å². The maximum absolute atomic E-state index is 10.3. The van der Waals surface area contributed by atoms with E-state index in [1.54, 1.807) is 0 Å². The van der Waals surface area contributed by atoms with Crippen LogP contribution in [-0.4, -0.2) is 47.3 Å². The van der Waals surface area contributed by atoms with Gasteiger partial charge in [0.1, 0.15) is 0 Å². The third kappa shape index (κ3) is 3.83. The third-order valence-corrected chi connectivity index (χ3v) is 4.95. The summed E-state index contributed by atoms with van der Waals surface area (Å²) in [5, 5.41) is 13.7. The molecule has 2 unspecified atom stereocenters. The van der Waals surface area contributed by atoms with Gasteiger partial charge in [-0.3, -0.25) is 4.99 Å². The normalized spacial score (nSPS) is 26.0. The molecule has 0 aromatic carbocycles. The van der Waals surface area contributed by atoms with Crippen molar-refractivity contribution in [1.82, 2.24) is 14.8 Å². The molecule has 0 bridgehead atoms. The quantitative estimate of drug-likeness (QED) is 0.660. The van der Waals surface area contributed by atoms with Gasteiger partial charge < -0.3 is 19.9 Å². The molecule has 2 N–H and O–H groups in total. The highest BCUT2D eigenvalue weighted by Gasteiger charge is 2.35. The lowest BCUT2D eigenvalue weighted by atomic mass is 9.73. The summed E-state index contributed by atoms with van der Waals surface area (Å²) < 4.78 is 2.12. The lowest BCUT2D eigenvalue weighted by Crippen LogP contribution is -2.48. The van der Waals surface area contributed by atoms with Crippen LogP contribution in [0.3, 0.4) is 0 Å². The van der Waals surface area contributed by atoms with Gasteiger partial charge in [-0.25, -0.2) is 0 Å². The Hall–Kier alpha value is -1.49. The molecule has 1 aromatic rings. The van der Waals surface area contributed by atoms with Crippen LogP contribution in [0.15, 0.2) is 23.3 Å². The van der Waals surface area contributed by atoms with E-state index in [9.17, 15) is 5.11 Å². The van der Waals surface area contributed by atoms with Crippen LogP contribution < -0.4 is 5.32 Å². The van der Waals surface area contributed by atoms with Crippen LogP contribution in [-0.2, 0) is 13.6 Å². The van der Waals surface area contributed by atoms with Crippen LogP contribution in [0.25, 0.3) is 0 Å². The summed E-state index contributed by atoms with van der Waals surface area (Å²) in [5.41, 5.74) is 1.19. The molecule has 0 radical (unpaired) electrons. The predicted octanol–water partition coefficient (Wildman–Crippen LogP) is 1.97. The second-order valence-electron chi connectivity index (χ2n) is 6.78. The summed E-state index contributed by atoms with van der Waals surface area (Å²) in [6.07, 6.45) is 6.16. The Kier molecular flexibility index (Phi) is 5.51. The van der Waals surface area contributed by atoms with E-state index in [2.05, 4.69) is 52.1 Å². The van der Waals surface area contributed by atoms with Crippen molar-refractivity contribution in [2.45, 2.75) is 45.3 Å². The number of aliphatic imine (C=N–C) groups is 1. The van der Waals surface area contributed by atoms with Crippen LogP contribution in [0.4, 0.5) is 0 Å². The molecule has 22 heavy (non-hydrogen) atoms. The highest BCUT2D eigenvalue weighted by molar-refractivity contribution is 5.79. The maximum Gasteiger partial charge on any atom is 0.193 e. The third-order valence-electron chi connectivity index (χ3n) is 4.95. The van der Waals surface area contributed by atoms with E-state index >= 15 is 0 Å². The largest absolute Gasteiger partial charge is 0.392 e. The van der Waals surface area contributed by atoms with Gasteiger partial charge in [0.05, 0.1) is 12.6 Å². The Morgan fingerprint density at radius 2 is 2.32 bits per heavy atom. The van der Waals surface area contributed by atoms with Crippen molar-refractivity contribution in [2.75, 3.05) is 20.6 Å². The highest BCUT2D eigenvalue weighted by atomic mass is 16.3. The van der Waals surface area contributed by atoms with Crippen LogP contribution in [0.1, 0.15) is 38.3 Å². The number of aliphatic hydroxyl groups excluding tert-OH is 1. The molecule has 2 rings (SSSR count). The average Bonchev–Trinajstić information content (AvgIpc) is 2.88. The Morgan fingerprint density at radius 1 is 1.55 bits per heavy atom. The van der Waals surface area contributed by atoms with Crippen molar-refractivity contribution in [2.24, 2.45) is 17.5 Å². The van der Waals surface area contributed by atoms with E-state index in [0.717, 1.165) is 38.3 Å². The van der Waals surface area contributed by atoms with Gasteiger partial charge in [0.2, 0.25) is 0 Å². The summed E-state index contributed by atoms with van der Waals surface area (Å²) in [6.45, 7) is 3.75. The van der Waals surface area contributed by atoms with Crippen LogP contribution in [0.5, 0.6) is 0 Å². The maximum atomic E-state index is 10.3. The number of rotatable bonds is 4. The molecule has 5 nitrogen and oxygen atoms in total. The monoisotopic (exact) mass is 306 g/mol. The molecule has 2 atom stereocenters. The number of nitrogens with zero attached hydrogens (tertiary/aromatic N) is 3. The minimum Gasteiger partial charge on any atom is -0.392 e. The molecule has 1 aliphatic rings. The summed E-state index contributed by atoms with van der Waals surface area (Å²) >= 11 is 0. The molecule has 0 amide bonds. The molecule has 5 heteroatoms. The van der Waals surface area contributed by atoms with Crippen LogP contribution >= 0.6 is 0 Å². The summed E-state index contributed by atoms with van der Waals surface area (Å²) in [5.74, 6) is 0.875. The number of aromatic nitrogens is 1. The topological polar surface area (TPSA) is 52.8 Å². The van der Waals surface area contributed by atoms with Gasteiger partial charge in [0.25, 0.3) is 0 Å². The SMILES string of the molecule is CN=C(NCC1(C)CCCCC1O)N(C)Cc1cccn1C. The van der Waals surface area contributed by atoms with Gasteiger partial charge >= 0.3 is 0 Å². The fourth-order valence-electron chi connectivity index (χ4n) is 3.23. The zero-order chi connectivity index (χ0) is 16.2. The number of hydrogen-bond donors (Lipinski definition) is 2. The summed E-state index contributed by atoms with van der Waals surface area (Å²) in [6, 6.07) is 4.18. The Bertz CT molecular complexity index is 511. The van der Waals surface area contributed by atoms with E-state index in [1.807, 2.05) is 14.1 Å². The Balaban J connectivity index is 1.93. The van der Waals surface area contributed by atoms with E-state index in [1.165, 1.54) is 12.1 Å². The van der Waals surface area contributed by atoms with E-state index in [0.29, 0.717) is 0 Å². The zero-order valence-corrected chi connectivity index (χ0v) is 14.3. The van der Waals surface area contributed by atoms with Crippen molar-refractivity contribution in [3.8, 4) is 0 Å². The first-order chi connectivity index (χ1) is 10.5. The average molecular weight is 306 g/mol. The molecule has 0 spiro atoms. The standard InChI is InChI=1S/C17H30N4O/c1-17(10-6-5-9-15(17)22)13-19-16(18-2)21(4)12-14-8-7-11-20(14)3/h7-8,11,15,22H,5-6,9-10,12-13H2,1-4H3,(H,18,19). The molecular formula is C17H30N4O. The van der Waals surface area contributed by atoms with Gasteiger partial charge in [-0.2, -0.15) is 0 Å². The first kappa shape index (κ1) is 16.9. The van der Waals surface area contributed by atoms with E-state index in [-0.39, 0.29) is 11.5 Å². The number of nitrogens with one attached hydrogen (secondary N) is 1. The number of hydrogen-bond acceptors (Lipinski definition) is 2. The molecule has 0 saturated heterocycles. The Morgan fingerprint density at radius 3 is 2.91 bits per heavy atom. The van der Waals surface area contributed by atoms with Gasteiger partial charge in [-0.05, 0) is 25.0 Å². The van der Waals surface area contributed by atoms with Crippen molar-refractivity contribution >= 4 is 5.96 Å². The van der Waals surface area contributed by atoms with Gasteiger partial charge in [0.15, 0.2) is 5.96 Å². The zero-order valence-electron chi connectivity index (χ0n) is 14.3. The minimum absolute atomic E-state index is 0.0556. The second kappa shape index (κ2) is 7.18. The predicted molar refractivity (Wildman–Crippen MR) is 90.8 cm³/mol. The van der Waals surface area contributed by atoms with Crippen LogP contribution in [0, 0.1) is 5.41 Å². The van der Waals surface area contributed by atoms with Crippen LogP contribution in [0.2, 0.25) is 0 Å². The summed E-state index contributed by atoms with van der Waals surface area (Å²) in [7, 11) is 5.91. The molecule has 1 fully saturated rings. The molecule has 1 aliphatic carbocycles. The molecule has 1 heterocycles. The van der Waals surface area contributed by atoms with E-state index in [4.69, 9.17) is 0 Å². The van der Waals surface area contributed by atoms with Gasteiger partial charge in [-0.1, -0.05) is 19.8 Å². The fraction of sp³-hybridized carbons (Fsp3) is 0.706. The first-order valence-electron chi connectivity index (χ1n) is 8.16.